The molecule has 1 unspecified atom stereocenters. The van der Waals surface area contributed by atoms with Gasteiger partial charge < -0.3 is 14.2 Å². The van der Waals surface area contributed by atoms with Crippen LogP contribution >= 0.6 is 0 Å². The lowest BCUT2D eigenvalue weighted by Crippen LogP contribution is -2.34. The Bertz CT molecular complexity index is 1240. The summed E-state index contributed by atoms with van der Waals surface area (Å²) in [5.74, 6) is 1.75. The Kier molecular flexibility index (Phi) is 4.82. The number of carbonyl (C=O) groups excluding carboxylic acids is 1. The van der Waals surface area contributed by atoms with Crippen LogP contribution < -0.4 is 0 Å². The van der Waals surface area contributed by atoms with Gasteiger partial charge in [0.15, 0.2) is 0 Å². The van der Waals surface area contributed by atoms with Gasteiger partial charge in [0, 0.05) is 37.7 Å². The van der Waals surface area contributed by atoms with Crippen LogP contribution in [0.4, 0.5) is 0 Å². The molecular formula is C24H26N6O. The average Bonchev–Trinajstić information content (AvgIpc) is 3.51. The minimum absolute atomic E-state index is 0.0835. The highest BCUT2D eigenvalue weighted by Gasteiger charge is 2.30. The number of likely N-dealkylation sites (tertiary alicyclic amines) is 1. The maximum atomic E-state index is 13.4. The predicted molar refractivity (Wildman–Crippen MR) is 120 cm³/mol. The zero-order chi connectivity index (χ0) is 21.5. The van der Waals surface area contributed by atoms with Crippen molar-refractivity contribution in [3.8, 4) is 17.2 Å². The van der Waals surface area contributed by atoms with Crippen molar-refractivity contribution in [1.29, 1.82) is 0 Å². The quantitative estimate of drug-likeness (QED) is 0.514. The highest BCUT2D eigenvalue weighted by Crippen LogP contribution is 2.28. The number of pyridine rings is 2. The SMILES string of the molecule is Cc1nc(-c2cc(C(=O)N3CCC(N(C)C)C3)c3ccccn23)cn1-c1ccccn1. The standard InChI is InChI=1S/C24H26N6O/c1-17-26-20(16-30(17)23-9-4-6-11-25-23)22-14-19(21-8-5-7-12-29(21)22)24(31)28-13-10-18(15-28)27(2)3/h4-9,11-12,14,16,18H,10,13,15H2,1-3H3. The summed E-state index contributed by atoms with van der Waals surface area (Å²) in [4.78, 5) is 26.8. The van der Waals surface area contributed by atoms with Crippen molar-refractivity contribution in [2.24, 2.45) is 0 Å². The van der Waals surface area contributed by atoms with E-state index in [0.29, 0.717) is 6.04 Å². The van der Waals surface area contributed by atoms with E-state index in [4.69, 9.17) is 4.98 Å². The minimum atomic E-state index is 0.0835. The smallest absolute Gasteiger partial charge is 0.256 e. The largest absolute Gasteiger partial charge is 0.337 e. The van der Waals surface area contributed by atoms with Gasteiger partial charge in [-0.3, -0.25) is 9.36 Å². The van der Waals surface area contributed by atoms with Crippen molar-refractivity contribution in [1.82, 2.24) is 28.7 Å². The van der Waals surface area contributed by atoms with Gasteiger partial charge in [0.1, 0.15) is 17.3 Å². The molecule has 31 heavy (non-hydrogen) atoms. The normalized spacial score (nSPS) is 16.5. The predicted octanol–water partition coefficient (Wildman–Crippen LogP) is 3.27. The van der Waals surface area contributed by atoms with Crippen LogP contribution in [0.25, 0.3) is 22.7 Å². The summed E-state index contributed by atoms with van der Waals surface area (Å²) < 4.78 is 4.03. The van der Waals surface area contributed by atoms with E-state index in [1.165, 1.54) is 0 Å². The molecule has 7 heteroatoms. The molecule has 7 nitrogen and oxygen atoms in total. The van der Waals surface area contributed by atoms with E-state index < -0.39 is 0 Å². The molecule has 1 saturated heterocycles. The lowest BCUT2D eigenvalue weighted by molar-refractivity contribution is 0.0785. The van der Waals surface area contributed by atoms with Crippen LogP contribution in [0.3, 0.4) is 0 Å². The number of amides is 1. The topological polar surface area (TPSA) is 58.7 Å². The van der Waals surface area contributed by atoms with E-state index in [-0.39, 0.29) is 5.91 Å². The second-order valence-electron chi connectivity index (χ2n) is 8.29. The van der Waals surface area contributed by atoms with E-state index in [1.807, 2.05) is 71.2 Å². The molecule has 1 fully saturated rings. The highest BCUT2D eigenvalue weighted by atomic mass is 16.2. The van der Waals surface area contributed by atoms with Gasteiger partial charge >= 0.3 is 0 Å². The zero-order valence-corrected chi connectivity index (χ0v) is 18.1. The maximum absolute atomic E-state index is 13.4. The van der Waals surface area contributed by atoms with Crippen molar-refractivity contribution in [2.75, 3.05) is 27.2 Å². The molecule has 0 bridgehead atoms. The summed E-state index contributed by atoms with van der Waals surface area (Å²) in [6.45, 7) is 3.51. The van der Waals surface area contributed by atoms with E-state index >= 15 is 0 Å². The molecule has 5 rings (SSSR count). The maximum Gasteiger partial charge on any atom is 0.256 e. The van der Waals surface area contributed by atoms with Crippen LogP contribution in [-0.4, -0.2) is 67.9 Å². The molecule has 4 aromatic rings. The first-order valence-electron chi connectivity index (χ1n) is 10.6. The molecule has 0 radical (unpaired) electrons. The molecule has 1 aliphatic rings. The molecule has 0 spiro atoms. The summed E-state index contributed by atoms with van der Waals surface area (Å²) >= 11 is 0. The van der Waals surface area contributed by atoms with Crippen molar-refractivity contribution in [3.05, 3.63) is 72.4 Å². The Morgan fingerprint density at radius 1 is 1.16 bits per heavy atom. The number of aromatic nitrogens is 4. The molecule has 0 saturated carbocycles. The summed E-state index contributed by atoms with van der Waals surface area (Å²) in [7, 11) is 4.15. The first-order chi connectivity index (χ1) is 15.0. The second-order valence-corrected chi connectivity index (χ2v) is 8.29. The first kappa shape index (κ1) is 19.5. The van der Waals surface area contributed by atoms with E-state index in [1.54, 1.807) is 6.20 Å². The lowest BCUT2D eigenvalue weighted by atomic mass is 10.2. The molecule has 0 aromatic carbocycles. The number of carbonyl (C=O) groups is 1. The Labute approximate surface area is 181 Å². The van der Waals surface area contributed by atoms with Gasteiger partial charge in [0.25, 0.3) is 5.91 Å². The summed E-state index contributed by atoms with van der Waals surface area (Å²) in [6, 6.07) is 14.2. The number of hydrogen-bond acceptors (Lipinski definition) is 4. The van der Waals surface area contributed by atoms with Crippen LogP contribution in [0.1, 0.15) is 22.6 Å². The van der Waals surface area contributed by atoms with Crippen molar-refractivity contribution in [2.45, 2.75) is 19.4 Å². The number of nitrogens with zero attached hydrogens (tertiary/aromatic N) is 6. The molecule has 0 N–H and O–H groups in total. The first-order valence-corrected chi connectivity index (χ1v) is 10.6. The Morgan fingerprint density at radius 3 is 2.74 bits per heavy atom. The lowest BCUT2D eigenvalue weighted by Gasteiger charge is -2.20. The Hall–Kier alpha value is -3.45. The van der Waals surface area contributed by atoms with Crippen molar-refractivity contribution >= 4 is 11.4 Å². The molecular weight excluding hydrogens is 388 g/mol. The van der Waals surface area contributed by atoms with Crippen LogP contribution in [0.5, 0.6) is 0 Å². The molecule has 4 aromatic heterocycles. The minimum Gasteiger partial charge on any atom is -0.337 e. The van der Waals surface area contributed by atoms with Gasteiger partial charge in [0.05, 0.1) is 16.8 Å². The number of hydrogen-bond donors (Lipinski definition) is 0. The Morgan fingerprint density at radius 2 is 2.00 bits per heavy atom. The summed E-state index contributed by atoms with van der Waals surface area (Å²) in [6.07, 6.45) is 6.75. The third-order valence-electron chi connectivity index (χ3n) is 6.13. The van der Waals surface area contributed by atoms with E-state index in [0.717, 1.165) is 53.6 Å². The van der Waals surface area contributed by atoms with Crippen LogP contribution in [0.2, 0.25) is 0 Å². The number of imidazole rings is 1. The fraction of sp³-hybridized carbons (Fsp3) is 0.292. The molecule has 1 aliphatic heterocycles. The summed E-state index contributed by atoms with van der Waals surface area (Å²) in [5.41, 5.74) is 3.34. The zero-order valence-electron chi connectivity index (χ0n) is 18.1. The monoisotopic (exact) mass is 414 g/mol. The van der Waals surface area contributed by atoms with Gasteiger partial charge in [-0.2, -0.15) is 0 Å². The molecule has 1 amide bonds. The van der Waals surface area contributed by atoms with Crippen molar-refractivity contribution in [3.63, 3.8) is 0 Å². The van der Waals surface area contributed by atoms with Crippen LogP contribution in [0.15, 0.2) is 61.1 Å². The van der Waals surface area contributed by atoms with Crippen molar-refractivity contribution < 1.29 is 4.79 Å². The third kappa shape index (κ3) is 3.41. The van der Waals surface area contributed by atoms with Crippen LogP contribution in [0, 0.1) is 6.92 Å². The molecule has 158 valence electrons. The number of rotatable bonds is 4. The number of aryl methyl sites for hydroxylation is 1. The average molecular weight is 415 g/mol. The third-order valence-corrected chi connectivity index (χ3v) is 6.13. The van der Waals surface area contributed by atoms with Gasteiger partial charge in [-0.05, 0) is 57.8 Å². The highest BCUT2D eigenvalue weighted by molar-refractivity contribution is 6.03. The number of likely N-dealkylation sites (N-methyl/N-ethyl adjacent to an activating group) is 1. The van der Waals surface area contributed by atoms with Gasteiger partial charge in [-0.15, -0.1) is 0 Å². The van der Waals surface area contributed by atoms with Gasteiger partial charge in [-0.1, -0.05) is 12.1 Å². The van der Waals surface area contributed by atoms with E-state index in [9.17, 15) is 4.79 Å². The molecule has 0 aliphatic carbocycles. The molecule has 5 heterocycles. The fourth-order valence-corrected chi connectivity index (χ4v) is 4.36. The number of fused-ring (bicyclic) bond motifs is 1. The van der Waals surface area contributed by atoms with Crippen LogP contribution in [-0.2, 0) is 0 Å². The fourth-order valence-electron chi connectivity index (χ4n) is 4.36. The van der Waals surface area contributed by atoms with Gasteiger partial charge in [-0.25, -0.2) is 9.97 Å². The Balaban J connectivity index is 1.55. The summed E-state index contributed by atoms with van der Waals surface area (Å²) in [5, 5.41) is 0. The molecule has 1 atom stereocenters. The van der Waals surface area contributed by atoms with Gasteiger partial charge in [0.2, 0.25) is 0 Å². The van der Waals surface area contributed by atoms with E-state index in [2.05, 4.69) is 28.4 Å². The second kappa shape index (κ2) is 7.67.